The van der Waals surface area contributed by atoms with Gasteiger partial charge in [0.2, 0.25) is 11.8 Å². The fraction of sp³-hybridized carbons (Fsp3) is 0.526. The van der Waals surface area contributed by atoms with Crippen molar-refractivity contribution in [2.75, 3.05) is 40.0 Å². The standard InChI is InChI=1S/C19H25F2N3O5/c1-12(22-17(25)9-13-7-14(20)10-15(21)8-13)18(26)23-16(19(27)28-2)11-24-3-5-29-6-4-24/h7-8,10,12,16H,3-6,9,11H2,1-2H3,(H,22,25)(H,23,26)/t12-,16?/m0/s1. The number of esters is 1. The van der Waals surface area contributed by atoms with Gasteiger partial charge in [-0.2, -0.15) is 0 Å². The predicted molar refractivity (Wildman–Crippen MR) is 98.9 cm³/mol. The summed E-state index contributed by atoms with van der Waals surface area (Å²) in [6, 6.07) is 0.935. The van der Waals surface area contributed by atoms with Gasteiger partial charge in [0, 0.05) is 25.7 Å². The van der Waals surface area contributed by atoms with E-state index >= 15 is 0 Å². The summed E-state index contributed by atoms with van der Waals surface area (Å²) in [5, 5.41) is 5.02. The SMILES string of the molecule is COC(=O)C(CN1CCOCC1)NC(=O)[C@H](C)NC(=O)Cc1cc(F)cc(F)c1. The molecule has 1 aromatic carbocycles. The minimum atomic E-state index is -0.960. The summed E-state index contributed by atoms with van der Waals surface area (Å²) in [4.78, 5) is 38.5. The molecule has 8 nitrogen and oxygen atoms in total. The first kappa shape index (κ1) is 22.7. The second kappa shape index (κ2) is 10.8. The Morgan fingerprint density at radius 1 is 1.14 bits per heavy atom. The molecule has 1 unspecified atom stereocenters. The van der Waals surface area contributed by atoms with Crippen LogP contribution in [0.5, 0.6) is 0 Å². The zero-order valence-electron chi connectivity index (χ0n) is 16.4. The van der Waals surface area contributed by atoms with E-state index in [1.54, 1.807) is 0 Å². The molecule has 1 heterocycles. The van der Waals surface area contributed by atoms with Crippen LogP contribution in [0, 0.1) is 11.6 Å². The summed E-state index contributed by atoms with van der Waals surface area (Å²) in [7, 11) is 1.23. The van der Waals surface area contributed by atoms with Crippen LogP contribution in [0.2, 0.25) is 0 Å². The second-order valence-corrected chi connectivity index (χ2v) is 6.74. The average Bonchev–Trinajstić information content (AvgIpc) is 2.66. The molecule has 0 aliphatic carbocycles. The number of nitrogens with one attached hydrogen (secondary N) is 2. The normalized spacial score (nSPS) is 16.6. The van der Waals surface area contributed by atoms with Crippen LogP contribution in [-0.4, -0.2) is 74.7 Å². The van der Waals surface area contributed by atoms with Crippen LogP contribution in [0.4, 0.5) is 8.78 Å². The van der Waals surface area contributed by atoms with Crippen molar-refractivity contribution in [1.29, 1.82) is 0 Å². The number of ether oxygens (including phenoxy) is 2. The Hall–Kier alpha value is -2.59. The number of hydrogen-bond acceptors (Lipinski definition) is 6. The molecule has 0 spiro atoms. The Bertz CT molecular complexity index is 720. The summed E-state index contributed by atoms with van der Waals surface area (Å²) in [6.45, 7) is 4.02. The van der Waals surface area contributed by atoms with E-state index in [1.807, 2.05) is 4.90 Å². The van der Waals surface area contributed by atoms with Crippen molar-refractivity contribution in [3.05, 3.63) is 35.4 Å². The van der Waals surface area contributed by atoms with E-state index in [2.05, 4.69) is 10.6 Å². The highest BCUT2D eigenvalue weighted by molar-refractivity contribution is 5.91. The molecule has 1 aliphatic rings. The molecule has 1 aliphatic heterocycles. The Kier molecular flexibility index (Phi) is 8.47. The molecular weight excluding hydrogens is 388 g/mol. The van der Waals surface area contributed by atoms with Crippen molar-refractivity contribution in [2.24, 2.45) is 0 Å². The lowest BCUT2D eigenvalue weighted by Gasteiger charge is -2.30. The van der Waals surface area contributed by atoms with Gasteiger partial charge in [-0.3, -0.25) is 14.5 Å². The van der Waals surface area contributed by atoms with Crippen molar-refractivity contribution in [2.45, 2.75) is 25.4 Å². The zero-order chi connectivity index (χ0) is 21.4. The van der Waals surface area contributed by atoms with Crippen LogP contribution in [0.3, 0.4) is 0 Å². The van der Waals surface area contributed by atoms with Crippen molar-refractivity contribution in [3.8, 4) is 0 Å². The molecule has 0 aromatic heterocycles. The topological polar surface area (TPSA) is 97.0 Å². The first-order valence-electron chi connectivity index (χ1n) is 9.21. The second-order valence-electron chi connectivity index (χ2n) is 6.74. The lowest BCUT2D eigenvalue weighted by Crippen LogP contribution is -2.55. The van der Waals surface area contributed by atoms with Crippen LogP contribution in [-0.2, 0) is 30.3 Å². The fourth-order valence-corrected chi connectivity index (χ4v) is 2.92. The van der Waals surface area contributed by atoms with Crippen molar-refractivity contribution in [1.82, 2.24) is 15.5 Å². The Balaban J connectivity index is 1.90. The van der Waals surface area contributed by atoms with Crippen molar-refractivity contribution < 1.29 is 32.6 Å². The number of hydrogen-bond donors (Lipinski definition) is 2. The Labute approximate surface area is 167 Å². The quantitative estimate of drug-likeness (QED) is 0.583. The molecule has 2 amide bonds. The monoisotopic (exact) mass is 413 g/mol. The van der Waals surface area contributed by atoms with E-state index in [0.29, 0.717) is 32.4 Å². The van der Waals surface area contributed by atoms with E-state index in [9.17, 15) is 23.2 Å². The summed E-state index contributed by atoms with van der Waals surface area (Å²) >= 11 is 0. The number of carbonyl (C=O) groups is 3. The number of amides is 2. The Morgan fingerprint density at radius 3 is 2.34 bits per heavy atom. The van der Waals surface area contributed by atoms with Crippen molar-refractivity contribution >= 4 is 17.8 Å². The molecule has 2 N–H and O–H groups in total. The maximum atomic E-state index is 13.2. The predicted octanol–water partition coefficient (Wildman–Crippen LogP) is 0.00200. The Morgan fingerprint density at radius 2 is 1.76 bits per heavy atom. The van der Waals surface area contributed by atoms with Gasteiger partial charge < -0.3 is 20.1 Å². The first-order chi connectivity index (χ1) is 13.8. The maximum Gasteiger partial charge on any atom is 0.329 e. The lowest BCUT2D eigenvalue weighted by atomic mass is 10.1. The molecule has 0 saturated carbocycles. The third-order valence-electron chi connectivity index (χ3n) is 4.40. The minimum Gasteiger partial charge on any atom is -0.467 e. The number of benzene rings is 1. The maximum absolute atomic E-state index is 13.2. The molecule has 1 saturated heterocycles. The highest BCUT2D eigenvalue weighted by atomic mass is 19.1. The van der Waals surface area contributed by atoms with Gasteiger partial charge in [-0.15, -0.1) is 0 Å². The van der Waals surface area contributed by atoms with Gasteiger partial charge in [0.05, 0.1) is 26.7 Å². The van der Waals surface area contributed by atoms with E-state index in [0.717, 1.165) is 12.1 Å². The molecule has 2 rings (SSSR count). The van der Waals surface area contributed by atoms with E-state index in [1.165, 1.54) is 14.0 Å². The third-order valence-corrected chi connectivity index (χ3v) is 4.40. The molecule has 0 bridgehead atoms. The summed E-state index contributed by atoms with van der Waals surface area (Å²) in [5.41, 5.74) is 0.146. The zero-order valence-corrected chi connectivity index (χ0v) is 16.4. The first-order valence-corrected chi connectivity index (χ1v) is 9.21. The summed E-state index contributed by atoms with van der Waals surface area (Å²) in [6.07, 6.45) is -0.291. The highest BCUT2D eigenvalue weighted by Crippen LogP contribution is 2.08. The van der Waals surface area contributed by atoms with E-state index < -0.39 is 41.5 Å². The number of carbonyl (C=O) groups excluding carboxylic acids is 3. The number of nitrogens with zero attached hydrogens (tertiary/aromatic N) is 1. The van der Waals surface area contributed by atoms with Crippen LogP contribution in [0.1, 0.15) is 12.5 Å². The van der Waals surface area contributed by atoms with Gasteiger partial charge in [0.15, 0.2) is 0 Å². The van der Waals surface area contributed by atoms with E-state index in [-0.39, 0.29) is 18.5 Å². The number of halogens is 2. The van der Waals surface area contributed by atoms with Gasteiger partial charge in [-0.05, 0) is 24.6 Å². The fourth-order valence-electron chi connectivity index (χ4n) is 2.92. The molecular formula is C19H25F2N3O5. The van der Waals surface area contributed by atoms with Crippen LogP contribution < -0.4 is 10.6 Å². The largest absolute Gasteiger partial charge is 0.467 e. The van der Waals surface area contributed by atoms with E-state index in [4.69, 9.17) is 9.47 Å². The smallest absolute Gasteiger partial charge is 0.329 e. The third kappa shape index (κ3) is 7.39. The summed E-state index contributed by atoms with van der Waals surface area (Å²) < 4.78 is 36.4. The molecule has 29 heavy (non-hydrogen) atoms. The lowest BCUT2D eigenvalue weighted by molar-refractivity contribution is -0.146. The molecule has 10 heteroatoms. The van der Waals surface area contributed by atoms with Crippen LogP contribution >= 0.6 is 0 Å². The highest BCUT2D eigenvalue weighted by Gasteiger charge is 2.27. The van der Waals surface area contributed by atoms with Crippen LogP contribution in [0.15, 0.2) is 18.2 Å². The average molecular weight is 413 g/mol. The number of methoxy groups -OCH3 is 1. The molecule has 2 atom stereocenters. The van der Waals surface area contributed by atoms with Gasteiger partial charge >= 0.3 is 5.97 Å². The minimum absolute atomic E-state index is 0.146. The molecule has 160 valence electrons. The number of rotatable bonds is 8. The van der Waals surface area contributed by atoms with Gasteiger partial charge in [-0.25, -0.2) is 13.6 Å². The molecule has 1 fully saturated rings. The van der Waals surface area contributed by atoms with Crippen molar-refractivity contribution in [3.63, 3.8) is 0 Å². The van der Waals surface area contributed by atoms with Crippen LogP contribution in [0.25, 0.3) is 0 Å². The number of morpholine rings is 1. The van der Waals surface area contributed by atoms with Gasteiger partial charge in [-0.1, -0.05) is 0 Å². The van der Waals surface area contributed by atoms with Gasteiger partial charge in [0.1, 0.15) is 23.7 Å². The molecule has 0 radical (unpaired) electrons. The summed E-state index contributed by atoms with van der Waals surface area (Å²) in [5.74, 6) is -3.34. The van der Waals surface area contributed by atoms with Gasteiger partial charge in [0.25, 0.3) is 0 Å². The molecule has 1 aromatic rings.